The molecule has 1 spiro atoms. The molecule has 0 saturated carbocycles. The van der Waals surface area contributed by atoms with Gasteiger partial charge in [0, 0.05) is 24.8 Å². The summed E-state index contributed by atoms with van der Waals surface area (Å²) in [4.78, 5) is 18.6. The van der Waals surface area contributed by atoms with Gasteiger partial charge in [-0.25, -0.2) is 0 Å². The average Bonchev–Trinajstić information content (AvgIpc) is 3.04. The number of aryl methyl sites for hydroxylation is 2. The fraction of sp³-hybridized carbons (Fsp3) is 0.526. The van der Waals surface area contributed by atoms with E-state index in [2.05, 4.69) is 10.1 Å². The summed E-state index contributed by atoms with van der Waals surface area (Å²) in [5, 5.41) is 3.80. The molecule has 7 nitrogen and oxygen atoms in total. The molecule has 2 aliphatic heterocycles. The largest absolute Gasteiger partial charge is 0.372 e. The van der Waals surface area contributed by atoms with Crippen LogP contribution in [-0.2, 0) is 16.1 Å². The standard InChI is InChI=1S/C19H23N3O4/c1-13-4-3-5-15(20-13)10-24-16-6-7-25-19(9-16)11-22(12-19)18(23)17-8-14(2)26-21-17/h3-5,8,16H,6-7,9-12H2,1-2H3/t16-/m1/s1. The number of hydrogen-bond acceptors (Lipinski definition) is 6. The number of amides is 1. The van der Waals surface area contributed by atoms with Crippen LogP contribution in [0.3, 0.4) is 0 Å². The lowest BCUT2D eigenvalue weighted by Crippen LogP contribution is -2.67. The van der Waals surface area contributed by atoms with Crippen molar-refractivity contribution in [2.75, 3.05) is 19.7 Å². The van der Waals surface area contributed by atoms with Gasteiger partial charge < -0.3 is 18.9 Å². The molecule has 2 aromatic heterocycles. The van der Waals surface area contributed by atoms with Gasteiger partial charge >= 0.3 is 0 Å². The number of likely N-dealkylation sites (tertiary alicyclic amines) is 1. The molecule has 2 saturated heterocycles. The monoisotopic (exact) mass is 357 g/mol. The highest BCUT2D eigenvalue weighted by atomic mass is 16.5. The maximum absolute atomic E-state index is 12.4. The van der Waals surface area contributed by atoms with Gasteiger partial charge in [-0.15, -0.1) is 0 Å². The van der Waals surface area contributed by atoms with Crippen molar-refractivity contribution in [1.82, 2.24) is 15.0 Å². The van der Waals surface area contributed by atoms with Crippen LogP contribution in [0.15, 0.2) is 28.8 Å². The van der Waals surface area contributed by atoms with Gasteiger partial charge in [0.15, 0.2) is 5.69 Å². The second kappa shape index (κ2) is 6.81. The van der Waals surface area contributed by atoms with E-state index < -0.39 is 0 Å². The van der Waals surface area contributed by atoms with E-state index in [-0.39, 0.29) is 17.6 Å². The minimum absolute atomic E-state index is 0.108. The van der Waals surface area contributed by atoms with Gasteiger partial charge in [0.25, 0.3) is 5.91 Å². The normalized spacial score (nSPS) is 21.6. The van der Waals surface area contributed by atoms with Crippen molar-refractivity contribution < 1.29 is 18.8 Å². The summed E-state index contributed by atoms with van der Waals surface area (Å²) in [7, 11) is 0. The first-order valence-electron chi connectivity index (χ1n) is 8.94. The van der Waals surface area contributed by atoms with E-state index in [1.54, 1.807) is 17.9 Å². The van der Waals surface area contributed by atoms with Gasteiger partial charge in [-0.3, -0.25) is 9.78 Å². The molecule has 2 aromatic rings. The predicted molar refractivity (Wildman–Crippen MR) is 92.6 cm³/mol. The molecule has 4 rings (SSSR count). The van der Waals surface area contributed by atoms with Crippen molar-refractivity contribution >= 4 is 5.91 Å². The third-order valence-electron chi connectivity index (χ3n) is 4.95. The predicted octanol–water partition coefficient (Wildman–Crippen LogP) is 2.28. The Bertz CT molecular complexity index is 798. The van der Waals surface area contributed by atoms with Gasteiger partial charge in [0.05, 0.1) is 31.5 Å². The van der Waals surface area contributed by atoms with Gasteiger partial charge in [-0.2, -0.15) is 0 Å². The Morgan fingerprint density at radius 1 is 1.38 bits per heavy atom. The Morgan fingerprint density at radius 2 is 2.23 bits per heavy atom. The van der Waals surface area contributed by atoms with Crippen LogP contribution in [0.4, 0.5) is 0 Å². The van der Waals surface area contributed by atoms with E-state index in [4.69, 9.17) is 14.0 Å². The van der Waals surface area contributed by atoms with E-state index in [1.807, 2.05) is 25.1 Å². The first-order chi connectivity index (χ1) is 12.5. The van der Waals surface area contributed by atoms with Crippen molar-refractivity contribution in [3.63, 3.8) is 0 Å². The molecule has 4 heterocycles. The number of pyridine rings is 1. The number of hydrogen-bond donors (Lipinski definition) is 0. The third kappa shape index (κ3) is 3.50. The highest BCUT2D eigenvalue weighted by Crippen LogP contribution is 2.36. The van der Waals surface area contributed by atoms with Crippen molar-refractivity contribution in [3.8, 4) is 0 Å². The van der Waals surface area contributed by atoms with E-state index in [0.717, 1.165) is 24.2 Å². The Labute approximate surface area is 152 Å². The van der Waals surface area contributed by atoms with E-state index in [1.165, 1.54) is 0 Å². The van der Waals surface area contributed by atoms with Crippen LogP contribution in [0.2, 0.25) is 0 Å². The lowest BCUT2D eigenvalue weighted by molar-refractivity contribution is -0.188. The first kappa shape index (κ1) is 17.2. The Balaban J connectivity index is 1.31. The lowest BCUT2D eigenvalue weighted by atomic mass is 9.84. The van der Waals surface area contributed by atoms with Gasteiger partial charge in [0.2, 0.25) is 0 Å². The molecular formula is C19H23N3O4. The highest BCUT2D eigenvalue weighted by molar-refractivity contribution is 5.93. The van der Waals surface area contributed by atoms with Gasteiger partial charge in [-0.1, -0.05) is 11.2 Å². The maximum Gasteiger partial charge on any atom is 0.276 e. The van der Waals surface area contributed by atoms with Gasteiger partial charge in [0.1, 0.15) is 11.4 Å². The minimum Gasteiger partial charge on any atom is -0.372 e. The van der Waals surface area contributed by atoms with Crippen LogP contribution >= 0.6 is 0 Å². The van der Waals surface area contributed by atoms with Crippen molar-refractivity contribution in [2.45, 2.75) is 45.0 Å². The molecule has 1 amide bonds. The fourth-order valence-corrected chi connectivity index (χ4v) is 3.65. The summed E-state index contributed by atoms with van der Waals surface area (Å²) >= 11 is 0. The van der Waals surface area contributed by atoms with Gasteiger partial charge in [-0.05, 0) is 32.4 Å². The third-order valence-corrected chi connectivity index (χ3v) is 4.95. The van der Waals surface area contributed by atoms with E-state index in [0.29, 0.717) is 37.8 Å². The first-order valence-corrected chi connectivity index (χ1v) is 8.94. The average molecular weight is 357 g/mol. The summed E-state index contributed by atoms with van der Waals surface area (Å²) in [5.74, 6) is 0.527. The quantitative estimate of drug-likeness (QED) is 0.835. The molecule has 138 valence electrons. The Kier molecular flexibility index (Phi) is 4.50. The van der Waals surface area contributed by atoms with Crippen LogP contribution < -0.4 is 0 Å². The molecule has 0 radical (unpaired) electrons. The second-order valence-electron chi connectivity index (χ2n) is 7.21. The molecule has 2 aliphatic rings. The van der Waals surface area contributed by atoms with E-state index >= 15 is 0 Å². The molecule has 2 fully saturated rings. The summed E-state index contributed by atoms with van der Waals surface area (Å²) in [6.45, 7) is 6.04. The highest BCUT2D eigenvalue weighted by Gasteiger charge is 2.50. The van der Waals surface area contributed by atoms with Crippen LogP contribution in [0.25, 0.3) is 0 Å². The number of rotatable bonds is 4. The summed E-state index contributed by atoms with van der Waals surface area (Å²) in [5.41, 5.74) is 1.99. The molecule has 26 heavy (non-hydrogen) atoms. The van der Waals surface area contributed by atoms with Crippen LogP contribution in [0.1, 0.15) is 40.5 Å². The Hall–Kier alpha value is -2.25. The lowest BCUT2D eigenvalue weighted by Gasteiger charge is -2.52. The van der Waals surface area contributed by atoms with Crippen LogP contribution in [0, 0.1) is 13.8 Å². The number of nitrogens with zero attached hydrogens (tertiary/aromatic N) is 3. The van der Waals surface area contributed by atoms with E-state index in [9.17, 15) is 4.79 Å². The number of aromatic nitrogens is 2. The molecule has 0 N–H and O–H groups in total. The zero-order chi connectivity index (χ0) is 18.1. The molecule has 0 aliphatic carbocycles. The fourth-order valence-electron chi connectivity index (χ4n) is 3.65. The minimum atomic E-state index is -0.294. The summed E-state index contributed by atoms with van der Waals surface area (Å²) < 4.78 is 17.0. The zero-order valence-corrected chi connectivity index (χ0v) is 15.1. The van der Waals surface area contributed by atoms with Crippen molar-refractivity contribution in [1.29, 1.82) is 0 Å². The SMILES string of the molecule is Cc1cccc(CO[C@@H]2CCOC3(C2)CN(C(=O)c2cc(C)on2)C3)n1. The molecular weight excluding hydrogens is 334 g/mol. The number of carbonyl (C=O) groups is 1. The van der Waals surface area contributed by atoms with Crippen molar-refractivity contribution in [3.05, 3.63) is 47.1 Å². The summed E-state index contributed by atoms with van der Waals surface area (Å²) in [6.07, 6.45) is 1.78. The molecule has 0 unspecified atom stereocenters. The second-order valence-corrected chi connectivity index (χ2v) is 7.21. The smallest absolute Gasteiger partial charge is 0.276 e. The van der Waals surface area contributed by atoms with Crippen LogP contribution in [0.5, 0.6) is 0 Å². The maximum atomic E-state index is 12.4. The molecule has 1 atom stereocenters. The molecule has 7 heteroatoms. The topological polar surface area (TPSA) is 77.7 Å². The molecule has 0 bridgehead atoms. The van der Waals surface area contributed by atoms with Crippen molar-refractivity contribution in [2.24, 2.45) is 0 Å². The van der Waals surface area contributed by atoms with Crippen LogP contribution in [-0.4, -0.2) is 52.3 Å². The molecule has 0 aromatic carbocycles. The Morgan fingerprint density at radius 3 is 2.96 bits per heavy atom. The number of ether oxygens (including phenoxy) is 2. The zero-order valence-electron chi connectivity index (χ0n) is 15.1. The summed E-state index contributed by atoms with van der Waals surface area (Å²) in [6, 6.07) is 7.61. The number of carbonyl (C=O) groups excluding carboxylic acids is 1.